The number of carboxylic acid groups (broad SMARTS) is 1. The molecular formula is C33H32ClNO3. The van der Waals surface area contributed by atoms with Gasteiger partial charge in [0.2, 0.25) is 0 Å². The minimum atomic E-state index is -0.999. The van der Waals surface area contributed by atoms with Gasteiger partial charge in [0.05, 0.1) is 23.8 Å². The topological polar surface area (TPSA) is 70.3 Å². The van der Waals surface area contributed by atoms with Crippen LogP contribution in [0.3, 0.4) is 0 Å². The zero-order chi connectivity index (χ0) is 27.8. The highest BCUT2D eigenvalue weighted by atomic mass is 35.5. The molecule has 0 aliphatic rings. The van der Waals surface area contributed by atoms with E-state index in [0.717, 1.165) is 50.6 Å². The normalized spacial score (nSPS) is 12.7. The second kappa shape index (κ2) is 12.9. The number of methoxy groups -OCH3 is 1. The number of allylic oxidation sites excluding steroid dienone is 3. The second-order valence-electron chi connectivity index (χ2n) is 9.22. The largest absolute Gasteiger partial charge is 0.497 e. The van der Waals surface area contributed by atoms with Gasteiger partial charge in [-0.3, -0.25) is 0 Å². The highest BCUT2D eigenvalue weighted by Crippen LogP contribution is 2.44. The third-order valence-corrected chi connectivity index (χ3v) is 6.82. The van der Waals surface area contributed by atoms with E-state index in [4.69, 9.17) is 21.4 Å². The van der Waals surface area contributed by atoms with Crippen molar-refractivity contribution >= 4 is 39.8 Å². The van der Waals surface area contributed by atoms with Crippen molar-refractivity contribution in [2.75, 3.05) is 7.11 Å². The van der Waals surface area contributed by atoms with E-state index in [1.807, 2.05) is 67.6 Å². The van der Waals surface area contributed by atoms with Crippen molar-refractivity contribution in [3.05, 3.63) is 112 Å². The number of ether oxygens (including phenoxy) is 1. The van der Waals surface area contributed by atoms with E-state index in [9.17, 15) is 10.1 Å². The molecule has 38 heavy (non-hydrogen) atoms. The average molecular weight is 526 g/mol. The van der Waals surface area contributed by atoms with Crippen LogP contribution in [-0.2, 0) is 4.79 Å². The molecule has 3 aromatic carbocycles. The molecule has 0 heterocycles. The van der Waals surface area contributed by atoms with Gasteiger partial charge in [-0.15, -0.1) is 0 Å². The molecule has 3 rings (SSSR count). The van der Waals surface area contributed by atoms with Crippen molar-refractivity contribution in [3.63, 3.8) is 0 Å². The fourth-order valence-electron chi connectivity index (χ4n) is 4.54. The third-order valence-electron chi connectivity index (χ3n) is 6.41. The van der Waals surface area contributed by atoms with E-state index in [2.05, 4.69) is 26.8 Å². The van der Waals surface area contributed by atoms with Crippen LogP contribution in [0.2, 0.25) is 0 Å². The molecule has 0 aromatic heterocycles. The van der Waals surface area contributed by atoms with Crippen LogP contribution in [0.5, 0.6) is 5.75 Å². The molecule has 3 aromatic rings. The number of hydrogen-bond donors (Lipinski definition) is 1. The van der Waals surface area contributed by atoms with Crippen LogP contribution in [0.4, 0.5) is 0 Å². The summed E-state index contributed by atoms with van der Waals surface area (Å²) < 4.78 is 5.37. The number of rotatable bonds is 9. The van der Waals surface area contributed by atoms with E-state index < -0.39 is 5.97 Å². The van der Waals surface area contributed by atoms with E-state index in [-0.39, 0.29) is 5.92 Å². The van der Waals surface area contributed by atoms with Crippen molar-refractivity contribution in [2.24, 2.45) is 5.92 Å². The molecule has 4 nitrogen and oxygen atoms in total. The van der Waals surface area contributed by atoms with E-state index >= 15 is 0 Å². The lowest BCUT2D eigenvalue weighted by Gasteiger charge is -2.24. The molecule has 1 N–H and O–H groups in total. The van der Waals surface area contributed by atoms with Gasteiger partial charge in [0.1, 0.15) is 5.75 Å². The number of benzene rings is 3. The number of hydrogen-bond acceptors (Lipinski definition) is 3. The maximum absolute atomic E-state index is 11.0. The van der Waals surface area contributed by atoms with Gasteiger partial charge in [-0.05, 0) is 88.1 Å². The highest BCUT2D eigenvalue weighted by Gasteiger charge is 2.23. The van der Waals surface area contributed by atoms with Gasteiger partial charge < -0.3 is 9.84 Å². The summed E-state index contributed by atoms with van der Waals surface area (Å²) in [5.41, 5.74) is 8.03. The molecule has 0 saturated heterocycles. The zero-order valence-electron chi connectivity index (χ0n) is 22.4. The van der Waals surface area contributed by atoms with Crippen LogP contribution in [-0.4, -0.2) is 18.2 Å². The number of carbonyl (C=O) groups is 1. The van der Waals surface area contributed by atoms with Gasteiger partial charge in [0.25, 0.3) is 0 Å². The Morgan fingerprint density at radius 2 is 1.76 bits per heavy atom. The highest BCUT2D eigenvalue weighted by molar-refractivity contribution is 6.50. The van der Waals surface area contributed by atoms with E-state index in [1.165, 1.54) is 0 Å². The number of carboxylic acids is 1. The third kappa shape index (κ3) is 6.43. The van der Waals surface area contributed by atoms with Gasteiger partial charge in [0.15, 0.2) is 0 Å². The molecule has 194 valence electrons. The molecule has 0 aliphatic carbocycles. The van der Waals surface area contributed by atoms with Gasteiger partial charge >= 0.3 is 5.97 Å². The molecule has 0 saturated carbocycles. The molecule has 0 radical (unpaired) electrons. The summed E-state index contributed by atoms with van der Waals surface area (Å²) in [5, 5.41) is 19.7. The van der Waals surface area contributed by atoms with Gasteiger partial charge in [-0.25, -0.2) is 4.79 Å². The quantitative estimate of drug-likeness (QED) is 0.172. The van der Waals surface area contributed by atoms with Crippen LogP contribution in [0.15, 0.2) is 78.4 Å². The molecule has 0 atom stereocenters. The first-order chi connectivity index (χ1) is 18.2. The monoisotopic (exact) mass is 525 g/mol. The molecule has 0 bridgehead atoms. The van der Waals surface area contributed by atoms with Gasteiger partial charge in [0, 0.05) is 6.08 Å². The van der Waals surface area contributed by atoms with E-state index in [0.29, 0.717) is 22.8 Å². The van der Waals surface area contributed by atoms with Crippen LogP contribution in [0, 0.1) is 24.2 Å². The maximum Gasteiger partial charge on any atom is 0.328 e. The Balaban J connectivity index is 2.43. The Hall–Kier alpha value is -4.07. The Morgan fingerprint density at radius 1 is 1.08 bits per heavy atom. The minimum Gasteiger partial charge on any atom is -0.497 e. The first kappa shape index (κ1) is 28.5. The molecule has 0 spiro atoms. The summed E-state index contributed by atoms with van der Waals surface area (Å²) in [6.07, 6.45) is 3.34. The van der Waals surface area contributed by atoms with E-state index in [1.54, 1.807) is 19.3 Å². The second-order valence-corrected chi connectivity index (χ2v) is 9.60. The summed E-state index contributed by atoms with van der Waals surface area (Å²) in [7, 11) is 1.58. The molecule has 0 aliphatic heterocycles. The standard InChI is InChI=1S/C33H32ClNO3/c1-6-27(29-17-16-26(38-5)19-25(29)20-35)32(24-14-11-23(12-15-24)13-18-30(36)37)31(21(2)3)33(34)28-10-8-7-9-22(28)4/h7-19,21H,6H2,1-5H3,(H,36,37)/b18-13+,32-27+,33-31-. The Morgan fingerprint density at radius 3 is 2.32 bits per heavy atom. The van der Waals surface area contributed by atoms with Crippen molar-refractivity contribution in [1.29, 1.82) is 5.26 Å². The summed E-state index contributed by atoms with van der Waals surface area (Å²) in [6.45, 7) is 8.35. The average Bonchev–Trinajstić information content (AvgIpc) is 2.92. The first-order valence-electron chi connectivity index (χ1n) is 12.5. The Bertz CT molecular complexity index is 1450. The fourth-order valence-corrected chi connectivity index (χ4v) is 5.07. The lowest BCUT2D eigenvalue weighted by Crippen LogP contribution is -2.05. The number of nitriles is 1. The lowest BCUT2D eigenvalue weighted by atomic mass is 9.81. The van der Waals surface area contributed by atoms with Gasteiger partial charge in [-0.2, -0.15) is 5.26 Å². The molecule has 0 unspecified atom stereocenters. The van der Waals surface area contributed by atoms with Crippen molar-refractivity contribution in [2.45, 2.75) is 34.1 Å². The SMILES string of the molecule is CC/C(=C(\C(=C(/Cl)c1ccccc1C)C(C)C)c1ccc(/C=C/C(=O)O)cc1)c1ccc(OC)cc1C#N. The predicted octanol–water partition coefficient (Wildman–Crippen LogP) is 8.60. The smallest absolute Gasteiger partial charge is 0.328 e. The maximum atomic E-state index is 11.0. The number of halogens is 1. The van der Waals surface area contributed by atoms with Crippen molar-refractivity contribution in [1.82, 2.24) is 0 Å². The first-order valence-corrected chi connectivity index (χ1v) is 12.9. The predicted molar refractivity (Wildman–Crippen MR) is 157 cm³/mol. The molecule has 0 amide bonds. The summed E-state index contributed by atoms with van der Waals surface area (Å²) >= 11 is 7.23. The van der Waals surface area contributed by atoms with Crippen molar-refractivity contribution in [3.8, 4) is 11.8 Å². The van der Waals surface area contributed by atoms with Crippen LogP contribution in [0.1, 0.15) is 60.6 Å². The number of aryl methyl sites for hydroxylation is 1. The Labute approximate surface area is 230 Å². The fraction of sp³-hybridized carbons (Fsp3) is 0.212. The van der Waals surface area contributed by atoms with Crippen molar-refractivity contribution < 1.29 is 14.6 Å². The summed E-state index contributed by atoms with van der Waals surface area (Å²) in [4.78, 5) is 11.0. The van der Waals surface area contributed by atoms with Crippen LogP contribution in [0.25, 0.3) is 22.3 Å². The summed E-state index contributed by atoms with van der Waals surface area (Å²) in [5.74, 6) is -0.315. The zero-order valence-corrected chi connectivity index (χ0v) is 23.1. The van der Waals surface area contributed by atoms with Crippen LogP contribution >= 0.6 is 11.6 Å². The lowest BCUT2D eigenvalue weighted by molar-refractivity contribution is -0.131. The molecule has 0 fully saturated rings. The number of nitrogens with zero attached hydrogens (tertiary/aromatic N) is 1. The summed E-state index contributed by atoms with van der Waals surface area (Å²) in [6, 6.07) is 23.7. The molecule has 5 heteroatoms. The molecular weight excluding hydrogens is 494 g/mol. The van der Waals surface area contributed by atoms with Crippen LogP contribution < -0.4 is 4.74 Å². The minimum absolute atomic E-state index is 0.0639. The number of aliphatic carboxylic acids is 1. The Kier molecular flexibility index (Phi) is 9.71. The van der Waals surface area contributed by atoms with Gasteiger partial charge in [-0.1, -0.05) is 80.9 Å².